The van der Waals surface area contributed by atoms with Crippen molar-refractivity contribution in [2.75, 3.05) is 7.11 Å². The van der Waals surface area contributed by atoms with Crippen LogP contribution in [-0.4, -0.2) is 17.1 Å². The summed E-state index contributed by atoms with van der Waals surface area (Å²) in [6.07, 6.45) is 0. The van der Waals surface area contributed by atoms with Crippen LogP contribution in [0.2, 0.25) is 0 Å². The average Bonchev–Trinajstić information content (AvgIpc) is 2.16. The lowest BCUT2D eigenvalue weighted by Gasteiger charge is -2.03. The molecule has 3 heteroatoms. The molecular weight excluding hydrogens is 164 g/mol. The Morgan fingerprint density at radius 2 is 1.92 bits per heavy atom. The van der Waals surface area contributed by atoms with Gasteiger partial charge in [0.15, 0.2) is 0 Å². The van der Waals surface area contributed by atoms with Crippen molar-refractivity contribution in [3.8, 4) is 5.88 Å². The van der Waals surface area contributed by atoms with Gasteiger partial charge in [0.25, 0.3) is 0 Å². The topological polar surface area (TPSA) is 35.0 Å². The predicted molar refractivity (Wildman–Crippen MR) is 50.8 cm³/mol. The molecule has 3 nitrogen and oxygen atoms in total. The monoisotopic (exact) mass is 174 g/mol. The summed E-state index contributed by atoms with van der Waals surface area (Å²) in [4.78, 5) is 8.48. The number of nitrogens with zero attached hydrogens (tertiary/aromatic N) is 2. The average molecular weight is 174 g/mol. The summed E-state index contributed by atoms with van der Waals surface area (Å²) in [5, 5.41) is 0.954. The minimum absolute atomic E-state index is 0.642. The van der Waals surface area contributed by atoms with E-state index in [4.69, 9.17) is 4.74 Å². The first kappa shape index (κ1) is 7.98. The van der Waals surface area contributed by atoms with Crippen LogP contribution < -0.4 is 4.74 Å². The number of hydrogen-bond acceptors (Lipinski definition) is 3. The Hall–Kier alpha value is -1.64. The molecule has 0 unspecified atom stereocenters. The number of hydrogen-bond donors (Lipinski definition) is 0. The van der Waals surface area contributed by atoms with Crippen LogP contribution in [0, 0.1) is 6.92 Å². The molecule has 2 aromatic rings. The van der Waals surface area contributed by atoms with E-state index in [0.29, 0.717) is 5.88 Å². The van der Waals surface area contributed by atoms with Gasteiger partial charge < -0.3 is 4.74 Å². The standard InChI is InChI=1S/C10H10N2O/c1-7-11-9-6-4-3-5-8(9)10(12-7)13-2/h3-6H,1-2H3. The van der Waals surface area contributed by atoms with Crippen LogP contribution in [0.15, 0.2) is 24.3 Å². The van der Waals surface area contributed by atoms with Gasteiger partial charge in [0, 0.05) is 0 Å². The minimum Gasteiger partial charge on any atom is -0.480 e. The number of para-hydroxylation sites is 1. The smallest absolute Gasteiger partial charge is 0.224 e. The molecule has 0 atom stereocenters. The van der Waals surface area contributed by atoms with Gasteiger partial charge in [-0.2, -0.15) is 4.98 Å². The molecule has 0 aliphatic rings. The van der Waals surface area contributed by atoms with Crippen molar-refractivity contribution in [1.82, 2.24) is 9.97 Å². The van der Waals surface area contributed by atoms with E-state index < -0.39 is 0 Å². The van der Waals surface area contributed by atoms with Crippen LogP contribution in [0.3, 0.4) is 0 Å². The van der Waals surface area contributed by atoms with E-state index in [-0.39, 0.29) is 0 Å². The Morgan fingerprint density at radius 3 is 2.69 bits per heavy atom. The quantitative estimate of drug-likeness (QED) is 0.662. The molecule has 0 fully saturated rings. The zero-order valence-corrected chi connectivity index (χ0v) is 7.61. The molecule has 13 heavy (non-hydrogen) atoms. The van der Waals surface area contributed by atoms with Crippen LogP contribution in [-0.2, 0) is 0 Å². The highest BCUT2D eigenvalue weighted by molar-refractivity contribution is 5.83. The molecule has 0 saturated carbocycles. The van der Waals surface area contributed by atoms with Gasteiger partial charge in [-0.15, -0.1) is 0 Å². The van der Waals surface area contributed by atoms with Gasteiger partial charge in [-0.05, 0) is 19.1 Å². The molecule has 0 bridgehead atoms. The van der Waals surface area contributed by atoms with E-state index in [1.165, 1.54) is 0 Å². The number of ether oxygens (including phenoxy) is 1. The maximum Gasteiger partial charge on any atom is 0.224 e. The first-order chi connectivity index (χ1) is 6.31. The van der Waals surface area contributed by atoms with Gasteiger partial charge in [-0.1, -0.05) is 12.1 Å². The molecule has 0 N–H and O–H groups in total. The largest absolute Gasteiger partial charge is 0.480 e. The highest BCUT2D eigenvalue weighted by Gasteiger charge is 2.03. The van der Waals surface area contributed by atoms with Crippen molar-refractivity contribution in [2.45, 2.75) is 6.92 Å². The minimum atomic E-state index is 0.642. The number of methoxy groups -OCH3 is 1. The van der Waals surface area contributed by atoms with E-state index in [0.717, 1.165) is 16.7 Å². The lowest BCUT2D eigenvalue weighted by atomic mass is 10.2. The van der Waals surface area contributed by atoms with E-state index >= 15 is 0 Å². The Labute approximate surface area is 76.4 Å². The number of aryl methyl sites for hydroxylation is 1. The van der Waals surface area contributed by atoms with Gasteiger partial charge in [0.2, 0.25) is 5.88 Å². The van der Waals surface area contributed by atoms with E-state index in [2.05, 4.69) is 9.97 Å². The molecule has 0 amide bonds. The molecule has 0 saturated heterocycles. The van der Waals surface area contributed by atoms with Gasteiger partial charge in [-0.3, -0.25) is 0 Å². The number of benzene rings is 1. The van der Waals surface area contributed by atoms with Crippen LogP contribution in [0.4, 0.5) is 0 Å². The number of aromatic nitrogens is 2. The van der Waals surface area contributed by atoms with Crippen molar-refractivity contribution in [1.29, 1.82) is 0 Å². The molecule has 0 radical (unpaired) electrons. The fourth-order valence-electron chi connectivity index (χ4n) is 1.31. The molecule has 1 heterocycles. The normalized spacial score (nSPS) is 10.3. The van der Waals surface area contributed by atoms with E-state index in [1.807, 2.05) is 31.2 Å². The maximum atomic E-state index is 5.16. The van der Waals surface area contributed by atoms with Crippen molar-refractivity contribution in [3.05, 3.63) is 30.1 Å². The molecule has 0 aliphatic carbocycles. The highest BCUT2D eigenvalue weighted by atomic mass is 16.5. The molecule has 0 aliphatic heterocycles. The molecular formula is C10H10N2O. The van der Waals surface area contributed by atoms with E-state index in [1.54, 1.807) is 7.11 Å². The number of fused-ring (bicyclic) bond motifs is 1. The SMILES string of the molecule is COc1nc(C)nc2ccccc12. The van der Waals surface area contributed by atoms with E-state index in [9.17, 15) is 0 Å². The Morgan fingerprint density at radius 1 is 1.15 bits per heavy atom. The summed E-state index contributed by atoms with van der Waals surface area (Å²) in [6.45, 7) is 1.86. The summed E-state index contributed by atoms with van der Waals surface area (Å²) >= 11 is 0. The van der Waals surface area contributed by atoms with Crippen molar-refractivity contribution in [2.24, 2.45) is 0 Å². The highest BCUT2D eigenvalue weighted by Crippen LogP contribution is 2.20. The fourth-order valence-corrected chi connectivity index (χ4v) is 1.31. The predicted octanol–water partition coefficient (Wildman–Crippen LogP) is 1.95. The zero-order valence-electron chi connectivity index (χ0n) is 7.61. The zero-order chi connectivity index (χ0) is 9.26. The third kappa shape index (κ3) is 1.33. The molecule has 2 rings (SSSR count). The first-order valence-corrected chi connectivity index (χ1v) is 4.08. The summed E-state index contributed by atoms with van der Waals surface area (Å²) in [5.41, 5.74) is 0.923. The third-order valence-corrected chi connectivity index (χ3v) is 1.87. The third-order valence-electron chi connectivity index (χ3n) is 1.87. The summed E-state index contributed by atoms with van der Waals surface area (Å²) in [7, 11) is 1.62. The molecule has 1 aromatic heterocycles. The molecule has 66 valence electrons. The molecule has 1 aromatic carbocycles. The van der Waals surface area contributed by atoms with Crippen molar-refractivity contribution in [3.63, 3.8) is 0 Å². The Balaban J connectivity index is 2.81. The second-order valence-electron chi connectivity index (χ2n) is 2.80. The van der Waals surface area contributed by atoms with Crippen molar-refractivity contribution >= 4 is 10.9 Å². The fraction of sp³-hybridized carbons (Fsp3) is 0.200. The summed E-state index contributed by atoms with van der Waals surface area (Å²) < 4.78 is 5.16. The Bertz CT molecular complexity index is 440. The second kappa shape index (κ2) is 3.01. The van der Waals surface area contributed by atoms with Gasteiger partial charge in [0.1, 0.15) is 5.82 Å². The van der Waals surface area contributed by atoms with Crippen LogP contribution >= 0.6 is 0 Å². The molecule has 0 spiro atoms. The van der Waals surface area contributed by atoms with Crippen molar-refractivity contribution < 1.29 is 4.74 Å². The van der Waals surface area contributed by atoms with Crippen LogP contribution in [0.25, 0.3) is 10.9 Å². The summed E-state index contributed by atoms with van der Waals surface area (Å²) in [6, 6.07) is 7.80. The second-order valence-corrected chi connectivity index (χ2v) is 2.80. The van der Waals surface area contributed by atoms with Crippen LogP contribution in [0.1, 0.15) is 5.82 Å². The van der Waals surface area contributed by atoms with Gasteiger partial charge in [-0.25, -0.2) is 4.98 Å². The lowest BCUT2D eigenvalue weighted by Crippen LogP contribution is -1.94. The van der Waals surface area contributed by atoms with Gasteiger partial charge in [0.05, 0.1) is 18.0 Å². The summed E-state index contributed by atoms with van der Waals surface area (Å²) in [5.74, 6) is 1.37. The maximum absolute atomic E-state index is 5.16. The Kier molecular flexibility index (Phi) is 1.85. The number of rotatable bonds is 1. The van der Waals surface area contributed by atoms with Gasteiger partial charge >= 0.3 is 0 Å². The first-order valence-electron chi connectivity index (χ1n) is 4.08. The van der Waals surface area contributed by atoms with Crippen LogP contribution in [0.5, 0.6) is 5.88 Å². The lowest BCUT2D eigenvalue weighted by molar-refractivity contribution is 0.401.